The summed E-state index contributed by atoms with van der Waals surface area (Å²) in [6.07, 6.45) is 1.05. The van der Waals surface area contributed by atoms with Crippen molar-refractivity contribution < 1.29 is 14.2 Å². The van der Waals surface area contributed by atoms with Gasteiger partial charge in [-0.2, -0.15) is 0 Å². The molecule has 0 aliphatic rings. The molecule has 0 bridgehead atoms. The quantitative estimate of drug-likeness (QED) is 0.492. The van der Waals surface area contributed by atoms with Gasteiger partial charge in [-0.15, -0.1) is 0 Å². The average molecular weight is 262 g/mol. The average Bonchev–Trinajstić information content (AvgIpc) is 2.38. The first-order valence-corrected chi connectivity index (χ1v) is 6.67. The van der Waals surface area contributed by atoms with Crippen LogP contribution < -0.4 is 5.32 Å². The van der Waals surface area contributed by atoms with E-state index in [0.717, 1.165) is 52.4 Å². The molecule has 110 valence electrons. The summed E-state index contributed by atoms with van der Waals surface area (Å²) in [4.78, 5) is 2.39. The maximum atomic E-state index is 5.14. The molecule has 1 N–H and O–H groups in total. The van der Waals surface area contributed by atoms with E-state index in [1.807, 2.05) is 0 Å². The van der Waals surface area contributed by atoms with E-state index in [0.29, 0.717) is 6.04 Å². The fraction of sp³-hybridized carbons (Fsp3) is 1.00. The van der Waals surface area contributed by atoms with E-state index >= 15 is 0 Å². The zero-order chi connectivity index (χ0) is 13.6. The minimum absolute atomic E-state index is 0.484. The van der Waals surface area contributed by atoms with Crippen LogP contribution in [0.1, 0.15) is 13.3 Å². The first kappa shape index (κ1) is 17.8. The highest BCUT2D eigenvalue weighted by Crippen LogP contribution is 1.98. The zero-order valence-corrected chi connectivity index (χ0v) is 12.4. The summed E-state index contributed by atoms with van der Waals surface area (Å²) in [5.41, 5.74) is 0. The molecule has 1 unspecified atom stereocenters. The Labute approximate surface area is 112 Å². The van der Waals surface area contributed by atoms with E-state index in [1.165, 1.54) is 0 Å². The first-order chi connectivity index (χ1) is 8.76. The largest absolute Gasteiger partial charge is 0.385 e. The van der Waals surface area contributed by atoms with Gasteiger partial charge in [-0.05, 0) is 19.9 Å². The Bertz CT molecular complexity index is 162. The lowest BCUT2D eigenvalue weighted by Gasteiger charge is -2.28. The topological polar surface area (TPSA) is 43.0 Å². The van der Waals surface area contributed by atoms with Gasteiger partial charge < -0.3 is 19.5 Å². The minimum atomic E-state index is 0.484. The number of nitrogens with one attached hydrogen (secondary N) is 1. The second-order valence-electron chi connectivity index (χ2n) is 4.42. The summed E-state index contributed by atoms with van der Waals surface area (Å²) in [7, 11) is 5.21. The molecule has 0 aromatic carbocycles. The molecule has 0 amide bonds. The summed E-state index contributed by atoms with van der Waals surface area (Å²) >= 11 is 0. The molecule has 0 rings (SSSR count). The van der Waals surface area contributed by atoms with Crippen molar-refractivity contribution in [1.29, 1.82) is 0 Å². The number of rotatable bonds is 13. The van der Waals surface area contributed by atoms with Crippen molar-refractivity contribution >= 4 is 0 Å². The number of ether oxygens (including phenoxy) is 3. The normalized spacial score (nSPS) is 13.2. The second-order valence-corrected chi connectivity index (χ2v) is 4.42. The molecule has 18 heavy (non-hydrogen) atoms. The van der Waals surface area contributed by atoms with Gasteiger partial charge in [-0.25, -0.2) is 0 Å². The number of hydrogen-bond acceptors (Lipinski definition) is 5. The number of hydrogen-bond donors (Lipinski definition) is 1. The lowest BCUT2D eigenvalue weighted by Crippen LogP contribution is -2.43. The Morgan fingerprint density at radius 2 is 1.50 bits per heavy atom. The van der Waals surface area contributed by atoms with Gasteiger partial charge in [0.25, 0.3) is 0 Å². The molecule has 5 heteroatoms. The van der Waals surface area contributed by atoms with Crippen LogP contribution >= 0.6 is 0 Å². The van der Waals surface area contributed by atoms with E-state index in [-0.39, 0.29) is 0 Å². The molecular weight excluding hydrogens is 232 g/mol. The SMILES string of the molecule is COCCCNCC(C)N(CCOC)CCOC. The van der Waals surface area contributed by atoms with Crippen LogP contribution in [0, 0.1) is 0 Å². The zero-order valence-electron chi connectivity index (χ0n) is 12.4. The van der Waals surface area contributed by atoms with E-state index in [4.69, 9.17) is 14.2 Å². The Morgan fingerprint density at radius 3 is 2.00 bits per heavy atom. The summed E-state index contributed by atoms with van der Waals surface area (Å²) in [6.45, 7) is 8.45. The predicted octanol–water partition coefficient (Wildman–Crippen LogP) is 0.596. The van der Waals surface area contributed by atoms with Crippen LogP contribution in [0.25, 0.3) is 0 Å². The van der Waals surface area contributed by atoms with Gasteiger partial charge >= 0.3 is 0 Å². The van der Waals surface area contributed by atoms with Gasteiger partial charge in [-0.3, -0.25) is 4.90 Å². The third-order valence-corrected chi connectivity index (χ3v) is 2.93. The van der Waals surface area contributed by atoms with Crippen molar-refractivity contribution in [1.82, 2.24) is 10.2 Å². The number of methoxy groups -OCH3 is 3. The number of nitrogens with zero attached hydrogens (tertiary/aromatic N) is 1. The molecule has 0 saturated carbocycles. The maximum absolute atomic E-state index is 5.14. The second kappa shape index (κ2) is 13.2. The molecule has 1 atom stereocenters. The van der Waals surface area contributed by atoms with Gasteiger partial charge in [0.05, 0.1) is 13.2 Å². The third-order valence-electron chi connectivity index (χ3n) is 2.93. The molecule has 0 aliphatic carbocycles. The molecule has 0 aliphatic heterocycles. The molecule has 0 aromatic rings. The Morgan fingerprint density at radius 1 is 0.944 bits per heavy atom. The van der Waals surface area contributed by atoms with Crippen LogP contribution in [0.4, 0.5) is 0 Å². The Hall–Kier alpha value is -0.200. The molecule has 0 heterocycles. The van der Waals surface area contributed by atoms with E-state index < -0.39 is 0 Å². The van der Waals surface area contributed by atoms with Crippen LogP contribution in [0.3, 0.4) is 0 Å². The third kappa shape index (κ3) is 9.79. The fourth-order valence-electron chi connectivity index (χ4n) is 1.75. The van der Waals surface area contributed by atoms with Gasteiger partial charge in [0.2, 0.25) is 0 Å². The van der Waals surface area contributed by atoms with Crippen molar-refractivity contribution in [2.75, 3.05) is 67.3 Å². The summed E-state index contributed by atoms with van der Waals surface area (Å²) in [6, 6.07) is 0.484. The smallest absolute Gasteiger partial charge is 0.0589 e. The van der Waals surface area contributed by atoms with Crippen LogP contribution in [0.15, 0.2) is 0 Å². The monoisotopic (exact) mass is 262 g/mol. The predicted molar refractivity (Wildman–Crippen MR) is 74.1 cm³/mol. The summed E-state index contributed by atoms with van der Waals surface area (Å²) < 4.78 is 15.3. The molecular formula is C13H30N2O3. The van der Waals surface area contributed by atoms with Gasteiger partial charge in [-0.1, -0.05) is 0 Å². The van der Waals surface area contributed by atoms with Crippen molar-refractivity contribution in [2.45, 2.75) is 19.4 Å². The molecule has 0 saturated heterocycles. The molecule has 0 fully saturated rings. The maximum Gasteiger partial charge on any atom is 0.0589 e. The lowest BCUT2D eigenvalue weighted by molar-refractivity contribution is 0.0914. The molecule has 0 radical (unpaired) electrons. The van der Waals surface area contributed by atoms with Crippen molar-refractivity contribution in [3.05, 3.63) is 0 Å². The van der Waals surface area contributed by atoms with Crippen LogP contribution in [-0.4, -0.2) is 78.3 Å². The van der Waals surface area contributed by atoms with Crippen LogP contribution in [0.2, 0.25) is 0 Å². The Kier molecular flexibility index (Phi) is 13.1. The van der Waals surface area contributed by atoms with Crippen molar-refractivity contribution in [2.24, 2.45) is 0 Å². The van der Waals surface area contributed by atoms with E-state index in [9.17, 15) is 0 Å². The summed E-state index contributed by atoms with van der Waals surface area (Å²) in [5, 5.41) is 3.45. The van der Waals surface area contributed by atoms with Gasteiger partial charge in [0, 0.05) is 53.6 Å². The highest BCUT2D eigenvalue weighted by molar-refractivity contribution is 4.69. The van der Waals surface area contributed by atoms with Crippen LogP contribution in [0.5, 0.6) is 0 Å². The van der Waals surface area contributed by atoms with Gasteiger partial charge in [0.1, 0.15) is 0 Å². The highest BCUT2D eigenvalue weighted by Gasteiger charge is 2.12. The van der Waals surface area contributed by atoms with E-state index in [1.54, 1.807) is 21.3 Å². The standard InChI is InChI=1S/C13H30N2O3/c1-13(12-14-6-5-9-16-2)15(7-10-17-3)8-11-18-4/h13-14H,5-12H2,1-4H3. The van der Waals surface area contributed by atoms with Crippen LogP contribution in [-0.2, 0) is 14.2 Å². The highest BCUT2D eigenvalue weighted by atomic mass is 16.5. The lowest BCUT2D eigenvalue weighted by atomic mass is 10.2. The molecule has 0 spiro atoms. The van der Waals surface area contributed by atoms with Crippen molar-refractivity contribution in [3.63, 3.8) is 0 Å². The molecule has 5 nitrogen and oxygen atoms in total. The van der Waals surface area contributed by atoms with Gasteiger partial charge in [0.15, 0.2) is 0 Å². The minimum Gasteiger partial charge on any atom is -0.385 e. The molecule has 0 aromatic heterocycles. The Balaban J connectivity index is 3.76. The summed E-state index contributed by atoms with van der Waals surface area (Å²) in [5.74, 6) is 0. The van der Waals surface area contributed by atoms with Crippen molar-refractivity contribution in [3.8, 4) is 0 Å². The fourth-order valence-corrected chi connectivity index (χ4v) is 1.75. The first-order valence-electron chi connectivity index (χ1n) is 6.67. The van der Waals surface area contributed by atoms with E-state index in [2.05, 4.69) is 17.1 Å².